The SMILES string of the molecule is CC(CNCC1CCCO1)N(C)Cc1ccc(Br)cc1. The highest BCUT2D eigenvalue weighted by molar-refractivity contribution is 9.10. The molecule has 1 aromatic rings. The lowest BCUT2D eigenvalue weighted by Gasteiger charge is -2.25. The molecule has 2 rings (SSSR count). The highest BCUT2D eigenvalue weighted by atomic mass is 79.9. The fourth-order valence-corrected chi connectivity index (χ4v) is 2.71. The standard InChI is InChI=1S/C16H25BrN2O/c1-13(10-18-11-16-4-3-9-20-16)19(2)12-14-5-7-15(17)8-6-14/h5-8,13,16,18H,3-4,9-12H2,1-2H3. The first-order chi connectivity index (χ1) is 9.65. The van der Waals surface area contributed by atoms with Crippen molar-refractivity contribution in [2.24, 2.45) is 0 Å². The van der Waals surface area contributed by atoms with Gasteiger partial charge in [-0.15, -0.1) is 0 Å². The van der Waals surface area contributed by atoms with Gasteiger partial charge in [-0.1, -0.05) is 28.1 Å². The molecule has 3 nitrogen and oxygen atoms in total. The first kappa shape index (κ1) is 16.0. The average molecular weight is 341 g/mol. The van der Waals surface area contributed by atoms with E-state index in [1.807, 2.05) is 0 Å². The van der Waals surface area contributed by atoms with Gasteiger partial charge in [0, 0.05) is 36.8 Å². The maximum Gasteiger partial charge on any atom is 0.0700 e. The van der Waals surface area contributed by atoms with E-state index < -0.39 is 0 Å². The Morgan fingerprint density at radius 3 is 2.80 bits per heavy atom. The van der Waals surface area contributed by atoms with Crippen LogP contribution in [-0.4, -0.2) is 43.8 Å². The summed E-state index contributed by atoms with van der Waals surface area (Å²) < 4.78 is 6.76. The normalized spacial score (nSPS) is 20.5. The molecule has 0 radical (unpaired) electrons. The van der Waals surface area contributed by atoms with Crippen LogP contribution >= 0.6 is 15.9 Å². The molecule has 1 aliphatic heterocycles. The van der Waals surface area contributed by atoms with E-state index in [1.165, 1.54) is 18.4 Å². The Morgan fingerprint density at radius 2 is 2.15 bits per heavy atom. The smallest absolute Gasteiger partial charge is 0.0700 e. The molecule has 1 fully saturated rings. The molecule has 1 saturated heterocycles. The summed E-state index contributed by atoms with van der Waals surface area (Å²) in [6.07, 6.45) is 2.85. The molecule has 1 aromatic carbocycles. The van der Waals surface area contributed by atoms with Crippen molar-refractivity contribution in [2.75, 3.05) is 26.7 Å². The topological polar surface area (TPSA) is 24.5 Å². The zero-order chi connectivity index (χ0) is 14.4. The molecule has 4 heteroatoms. The summed E-state index contributed by atoms with van der Waals surface area (Å²) in [6.45, 7) is 6.17. The van der Waals surface area contributed by atoms with Crippen LogP contribution in [0.5, 0.6) is 0 Å². The van der Waals surface area contributed by atoms with Crippen molar-refractivity contribution < 1.29 is 4.74 Å². The van der Waals surface area contributed by atoms with Crippen LogP contribution in [0, 0.1) is 0 Å². The van der Waals surface area contributed by atoms with Gasteiger partial charge in [0.05, 0.1) is 6.10 Å². The molecule has 0 aromatic heterocycles. The predicted octanol–water partition coefficient (Wildman–Crippen LogP) is 3.04. The average Bonchev–Trinajstić information content (AvgIpc) is 2.94. The zero-order valence-corrected chi connectivity index (χ0v) is 14.0. The van der Waals surface area contributed by atoms with Crippen LogP contribution in [0.1, 0.15) is 25.3 Å². The highest BCUT2D eigenvalue weighted by Crippen LogP contribution is 2.13. The van der Waals surface area contributed by atoms with Gasteiger partial charge in [0.2, 0.25) is 0 Å². The third-order valence-electron chi connectivity index (χ3n) is 3.93. The van der Waals surface area contributed by atoms with Crippen molar-refractivity contribution in [3.63, 3.8) is 0 Å². The van der Waals surface area contributed by atoms with Crippen molar-refractivity contribution >= 4 is 15.9 Å². The lowest BCUT2D eigenvalue weighted by Crippen LogP contribution is -2.39. The van der Waals surface area contributed by atoms with E-state index in [4.69, 9.17) is 4.74 Å². The Morgan fingerprint density at radius 1 is 1.40 bits per heavy atom. The summed E-state index contributed by atoms with van der Waals surface area (Å²) in [6, 6.07) is 9.06. The molecular formula is C16H25BrN2O. The summed E-state index contributed by atoms with van der Waals surface area (Å²) in [5.74, 6) is 0. The number of benzene rings is 1. The van der Waals surface area contributed by atoms with Gasteiger partial charge in [-0.25, -0.2) is 0 Å². The van der Waals surface area contributed by atoms with Crippen LogP contribution in [0.15, 0.2) is 28.7 Å². The minimum absolute atomic E-state index is 0.430. The predicted molar refractivity (Wildman–Crippen MR) is 86.9 cm³/mol. The number of rotatable bonds is 7. The number of hydrogen-bond acceptors (Lipinski definition) is 3. The summed E-state index contributed by atoms with van der Waals surface area (Å²) in [7, 11) is 2.18. The van der Waals surface area contributed by atoms with Gasteiger partial charge in [-0.2, -0.15) is 0 Å². The van der Waals surface area contributed by atoms with Crippen LogP contribution in [0.4, 0.5) is 0 Å². The number of halogens is 1. The van der Waals surface area contributed by atoms with Crippen LogP contribution in [0.3, 0.4) is 0 Å². The third kappa shape index (κ3) is 5.17. The maximum atomic E-state index is 5.62. The van der Waals surface area contributed by atoms with Gasteiger partial charge in [-0.05, 0) is 44.5 Å². The van der Waals surface area contributed by atoms with E-state index in [-0.39, 0.29) is 0 Å². The Hall–Kier alpha value is -0.420. The van der Waals surface area contributed by atoms with E-state index in [0.29, 0.717) is 12.1 Å². The monoisotopic (exact) mass is 340 g/mol. The van der Waals surface area contributed by atoms with Crippen LogP contribution in [0.25, 0.3) is 0 Å². The first-order valence-electron chi connectivity index (χ1n) is 7.42. The van der Waals surface area contributed by atoms with Gasteiger partial charge >= 0.3 is 0 Å². The second-order valence-electron chi connectivity index (χ2n) is 5.68. The molecule has 20 heavy (non-hydrogen) atoms. The fourth-order valence-electron chi connectivity index (χ4n) is 2.45. The number of nitrogens with zero attached hydrogens (tertiary/aromatic N) is 1. The number of nitrogens with one attached hydrogen (secondary N) is 1. The Kier molecular flexibility index (Phi) is 6.49. The van der Waals surface area contributed by atoms with E-state index in [0.717, 1.165) is 30.7 Å². The summed E-state index contributed by atoms with van der Waals surface area (Å²) in [4.78, 5) is 2.38. The summed E-state index contributed by atoms with van der Waals surface area (Å²) in [5.41, 5.74) is 1.35. The number of ether oxygens (including phenoxy) is 1. The fraction of sp³-hybridized carbons (Fsp3) is 0.625. The van der Waals surface area contributed by atoms with Gasteiger partial charge in [0.25, 0.3) is 0 Å². The molecule has 1 heterocycles. The van der Waals surface area contributed by atoms with Crippen molar-refractivity contribution in [1.29, 1.82) is 0 Å². The van der Waals surface area contributed by atoms with Crippen LogP contribution in [0.2, 0.25) is 0 Å². The van der Waals surface area contributed by atoms with E-state index in [2.05, 4.69) is 64.4 Å². The lowest BCUT2D eigenvalue weighted by atomic mass is 10.2. The number of likely N-dealkylation sites (N-methyl/N-ethyl adjacent to an activating group) is 1. The van der Waals surface area contributed by atoms with E-state index >= 15 is 0 Å². The summed E-state index contributed by atoms with van der Waals surface area (Å²) >= 11 is 3.47. The molecule has 1 N–H and O–H groups in total. The molecule has 112 valence electrons. The van der Waals surface area contributed by atoms with Crippen molar-refractivity contribution in [3.8, 4) is 0 Å². The zero-order valence-electron chi connectivity index (χ0n) is 12.4. The molecular weight excluding hydrogens is 316 g/mol. The van der Waals surface area contributed by atoms with Crippen LogP contribution in [-0.2, 0) is 11.3 Å². The highest BCUT2D eigenvalue weighted by Gasteiger charge is 2.16. The molecule has 2 unspecified atom stereocenters. The Labute approximate surface area is 130 Å². The Bertz CT molecular complexity index is 390. The van der Waals surface area contributed by atoms with E-state index in [1.54, 1.807) is 0 Å². The minimum atomic E-state index is 0.430. The molecule has 0 bridgehead atoms. The van der Waals surface area contributed by atoms with Gasteiger partial charge in [0.15, 0.2) is 0 Å². The van der Waals surface area contributed by atoms with E-state index in [9.17, 15) is 0 Å². The van der Waals surface area contributed by atoms with Gasteiger partial charge < -0.3 is 10.1 Å². The first-order valence-corrected chi connectivity index (χ1v) is 8.21. The largest absolute Gasteiger partial charge is 0.377 e. The van der Waals surface area contributed by atoms with Crippen molar-refractivity contribution in [1.82, 2.24) is 10.2 Å². The molecule has 1 aliphatic rings. The minimum Gasteiger partial charge on any atom is -0.377 e. The number of hydrogen-bond donors (Lipinski definition) is 1. The van der Waals surface area contributed by atoms with Crippen molar-refractivity contribution in [3.05, 3.63) is 34.3 Å². The molecule has 0 saturated carbocycles. The lowest BCUT2D eigenvalue weighted by molar-refractivity contribution is 0.108. The summed E-state index contributed by atoms with van der Waals surface area (Å²) in [5, 5.41) is 3.53. The third-order valence-corrected chi connectivity index (χ3v) is 4.46. The van der Waals surface area contributed by atoms with Crippen molar-refractivity contribution in [2.45, 2.75) is 38.5 Å². The molecule has 2 atom stereocenters. The Balaban J connectivity index is 1.68. The molecule has 0 aliphatic carbocycles. The maximum absolute atomic E-state index is 5.62. The second-order valence-corrected chi connectivity index (χ2v) is 6.60. The van der Waals surface area contributed by atoms with Crippen LogP contribution < -0.4 is 5.32 Å². The quantitative estimate of drug-likeness (QED) is 0.825. The van der Waals surface area contributed by atoms with Gasteiger partial charge in [0.1, 0.15) is 0 Å². The van der Waals surface area contributed by atoms with Gasteiger partial charge in [-0.3, -0.25) is 4.90 Å². The molecule has 0 amide bonds. The second kappa shape index (κ2) is 8.13. The molecule has 0 spiro atoms.